The van der Waals surface area contributed by atoms with Gasteiger partial charge in [0.25, 0.3) is 3.79 Å². The third-order valence-corrected chi connectivity index (χ3v) is 1.55. The van der Waals surface area contributed by atoms with Crippen LogP contribution in [0.1, 0.15) is 0 Å². The van der Waals surface area contributed by atoms with Crippen molar-refractivity contribution < 1.29 is 14.3 Å². The van der Waals surface area contributed by atoms with Gasteiger partial charge in [-0.05, 0) is 12.1 Å². The highest BCUT2D eigenvalue weighted by atomic mass is 127. The van der Waals surface area contributed by atoms with Gasteiger partial charge in [0.2, 0.25) is 0 Å². The van der Waals surface area contributed by atoms with Crippen LogP contribution in [0.4, 0.5) is 0 Å². The molecule has 0 saturated heterocycles. The van der Waals surface area contributed by atoms with Crippen LogP contribution in [-0.4, -0.2) is 9.76 Å². The molecule has 0 aromatic heterocycles. The van der Waals surface area contributed by atoms with E-state index in [4.69, 9.17) is 0 Å². The second-order valence-electron chi connectivity index (χ2n) is 1.98. The average molecular weight is 276 g/mol. The van der Waals surface area contributed by atoms with Gasteiger partial charge in [0, 0.05) is 22.6 Å². The van der Waals surface area contributed by atoms with E-state index in [1.165, 1.54) is 22.6 Å². The van der Waals surface area contributed by atoms with Crippen LogP contribution in [-0.2, 0) is 9.59 Å². The van der Waals surface area contributed by atoms with Crippen LogP contribution >= 0.6 is 22.6 Å². The highest BCUT2D eigenvalue weighted by molar-refractivity contribution is 14.1. The first kappa shape index (κ1) is 9.18. The SMILES string of the molecule is O=C(I)C(=O)Oc1ccccc1. The van der Waals surface area contributed by atoms with E-state index in [-0.39, 0.29) is 0 Å². The zero-order chi connectivity index (χ0) is 8.97. The second-order valence-corrected chi connectivity index (χ2v) is 2.96. The Morgan fingerprint density at radius 1 is 1.17 bits per heavy atom. The third-order valence-electron chi connectivity index (χ3n) is 1.11. The van der Waals surface area contributed by atoms with Crippen LogP contribution < -0.4 is 4.74 Å². The summed E-state index contributed by atoms with van der Waals surface area (Å²) < 4.78 is 4.05. The lowest BCUT2D eigenvalue weighted by atomic mass is 10.3. The molecule has 3 nitrogen and oxygen atoms in total. The van der Waals surface area contributed by atoms with E-state index in [2.05, 4.69) is 4.74 Å². The fourth-order valence-electron chi connectivity index (χ4n) is 0.636. The summed E-state index contributed by atoms with van der Waals surface area (Å²) in [6.45, 7) is 0. The third kappa shape index (κ3) is 2.61. The minimum absolute atomic E-state index is 0.382. The molecule has 0 aliphatic carbocycles. The summed E-state index contributed by atoms with van der Waals surface area (Å²) in [7, 11) is 0. The van der Waals surface area contributed by atoms with Crippen molar-refractivity contribution in [1.29, 1.82) is 0 Å². The average Bonchev–Trinajstić information content (AvgIpc) is 2.06. The van der Waals surface area contributed by atoms with Crippen LogP contribution in [0, 0.1) is 0 Å². The maximum atomic E-state index is 10.7. The first-order chi connectivity index (χ1) is 5.70. The van der Waals surface area contributed by atoms with E-state index in [0.717, 1.165) is 0 Å². The highest BCUT2D eigenvalue weighted by Gasteiger charge is 2.11. The molecule has 0 saturated carbocycles. The molecule has 0 unspecified atom stereocenters. The number of para-hydroxylation sites is 1. The van der Waals surface area contributed by atoms with E-state index in [9.17, 15) is 9.59 Å². The summed E-state index contributed by atoms with van der Waals surface area (Å²) in [6.07, 6.45) is 0. The van der Waals surface area contributed by atoms with Gasteiger partial charge in [0.1, 0.15) is 5.75 Å². The number of benzene rings is 1. The molecule has 0 atom stereocenters. The lowest BCUT2D eigenvalue weighted by Crippen LogP contribution is -2.14. The van der Waals surface area contributed by atoms with Crippen LogP contribution in [0.25, 0.3) is 0 Å². The molecule has 0 aliphatic rings. The van der Waals surface area contributed by atoms with Crippen molar-refractivity contribution in [2.75, 3.05) is 0 Å². The zero-order valence-electron chi connectivity index (χ0n) is 5.99. The van der Waals surface area contributed by atoms with Gasteiger partial charge in [0.05, 0.1) is 0 Å². The normalized spacial score (nSPS) is 9.08. The van der Waals surface area contributed by atoms with Crippen molar-refractivity contribution in [3.8, 4) is 5.75 Å². The minimum atomic E-state index is -0.846. The van der Waals surface area contributed by atoms with E-state index in [0.29, 0.717) is 5.75 Å². The molecule has 0 radical (unpaired) electrons. The quantitative estimate of drug-likeness (QED) is 0.270. The molecule has 12 heavy (non-hydrogen) atoms. The Hall–Kier alpha value is -0.910. The van der Waals surface area contributed by atoms with E-state index in [1.54, 1.807) is 30.3 Å². The van der Waals surface area contributed by atoms with Crippen LogP contribution in [0.2, 0.25) is 0 Å². The molecule has 0 N–H and O–H groups in total. The zero-order valence-corrected chi connectivity index (χ0v) is 8.15. The summed E-state index contributed by atoms with van der Waals surface area (Å²) in [5.74, 6) is -0.464. The summed E-state index contributed by atoms with van der Waals surface area (Å²) in [5.41, 5.74) is 0. The highest BCUT2D eigenvalue weighted by Crippen LogP contribution is 2.09. The van der Waals surface area contributed by atoms with Crippen LogP contribution in [0.15, 0.2) is 30.3 Å². The van der Waals surface area contributed by atoms with Gasteiger partial charge in [-0.1, -0.05) is 18.2 Å². The lowest BCUT2D eigenvalue weighted by molar-refractivity contribution is -0.142. The van der Waals surface area contributed by atoms with E-state index in [1.807, 2.05) is 0 Å². The molecule has 1 aromatic carbocycles. The molecular weight excluding hydrogens is 271 g/mol. The summed E-state index contributed by atoms with van der Waals surface area (Å²) in [5, 5.41) is 0. The van der Waals surface area contributed by atoms with Crippen molar-refractivity contribution >= 4 is 32.4 Å². The number of esters is 1. The minimum Gasteiger partial charge on any atom is -0.420 e. The van der Waals surface area contributed by atoms with Gasteiger partial charge >= 0.3 is 5.97 Å². The molecule has 0 aliphatic heterocycles. The molecule has 0 bridgehead atoms. The molecule has 62 valence electrons. The Bertz CT molecular complexity index is 294. The van der Waals surface area contributed by atoms with Gasteiger partial charge in [-0.2, -0.15) is 0 Å². The monoisotopic (exact) mass is 276 g/mol. The van der Waals surface area contributed by atoms with Crippen molar-refractivity contribution in [3.05, 3.63) is 30.3 Å². The van der Waals surface area contributed by atoms with Gasteiger partial charge < -0.3 is 4.74 Å². The second kappa shape index (κ2) is 4.20. The molecule has 1 rings (SSSR count). The molecule has 1 aromatic rings. The number of carbonyl (C=O) groups excluding carboxylic acids is 2. The van der Waals surface area contributed by atoms with Crippen molar-refractivity contribution in [1.82, 2.24) is 0 Å². The number of hydrogen-bond acceptors (Lipinski definition) is 3. The van der Waals surface area contributed by atoms with E-state index >= 15 is 0 Å². The maximum Gasteiger partial charge on any atom is 0.390 e. The Kier molecular flexibility index (Phi) is 3.21. The van der Waals surface area contributed by atoms with Gasteiger partial charge in [-0.3, -0.25) is 4.79 Å². The van der Waals surface area contributed by atoms with Crippen molar-refractivity contribution in [2.45, 2.75) is 0 Å². The number of ether oxygens (including phenoxy) is 1. The van der Waals surface area contributed by atoms with Crippen LogP contribution in [0.3, 0.4) is 0 Å². The van der Waals surface area contributed by atoms with E-state index < -0.39 is 9.76 Å². The summed E-state index contributed by atoms with van der Waals surface area (Å²) in [6, 6.07) is 8.46. The van der Waals surface area contributed by atoms with Crippen molar-refractivity contribution in [3.63, 3.8) is 0 Å². The molecule has 4 heteroatoms. The largest absolute Gasteiger partial charge is 0.420 e. The predicted molar refractivity (Wildman–Crippen MR) is 51.1 cm³/mol. The first-order valence-electron chi connectivity index (χ1n) is 3.17. The standard InChI is InChI=1S/C8H5IO3/c9-7(10)8(11)12-6-4-2-1-3-5-6/h1-5H. The Morgan fingerprint density at radius 2 is 1.75 bits per heavy atom. The Morgan fingerprint density at radius 3 is 2.25 bits per heavy atom. The number of halogens is 1. The number of carbonyl (C=O) groups is 2. The first-order valence-corrected chi connectivity index (χ1v) is 4.24. The van der Waals surface area contributed by atoms with Gasteiger partial charge in [-0.25, -0.2) is 4.79 Å². The fraction of sp³-hybridized carbons (Fsp3) is 0. The molecule has 0 amide bonds. The molecule has 0 heterocycles. The maximum absolute atomic E-state index is 10.7. The van der Waals surface area contributed by atoms with Gasteiger partial charge in [0.15, 0.2) is 0 Å². The summed E-state index contributed by atoms with van der Waals surface area (Å²) >= 11 is 1.38. The smallest absolute Gasteiger partial charge is 0.390 e. The molecular formula is C8H5IO3. The topological polar surface area (TPSA) is 43.4 Å². The summed E-state index contributed by atoms with van der Waals surface area (Å²) in [4.78, 5) is 21.2. The Labute approximate surface area is 82.9 Å². The number of hydrogen-bond donors (Lipinski definition) is 0. The van der Waals surface area contributed by atoms with Crippen LogP contribution in [0.5, 0.6) is 5.75 Å². The molecule has 0 fully saturated rings. The molecule has 0 spiro atoms. The van der Waals surface area contributed by atoms with Gasteiger partial charge in [-0.15, -0.1) is 0 Å². The Balaban J connectivity index is 2.65. The number of rotatable bonds is 2. The fourth-order valence-corrected chi connectivity index (χ4v) is 0.746. The lowest BCUT2D eigenvalue weighted by Gasteiger charge is -1.98. The van der Waals surface area contributed by atoms with Crippen molar-refractivity contribution in [2.24, 2.45) is 0 Å². The predicted octanol–water partition coefficient (Wildman–Crippen LogP) is 1.55.